The van der Waals surface area contributed by atoms with E-state index in [-0.39, 0.29) is 24.7 Å². The summed E-state index contributed by atoms with van der Waals surface area (Å²) in [6, 6.07) is 10.1. The van der Waals surface area contributed by atoms with Crippen LogP contribution in [0.3, 0.4) is 0 Å². The molecule has 0 bridgehead atoms. The molecule has 2 aromatic carbocycles. The minimum Gasteiger partial charge on any atom is -0.497 e. The first-order chi connectivity index (χ1) is 15.6. The Morgan fingerprint density at radius 1 is 1.03 bits per heavy atom. The largest absolute Gasteiger partial charge is 0.497 e. The molecule has 1 N–H and O–H groups in total. The van der Waals surface area contributed by atoms with E-state index >= 15 is 0 Å². The van der Waals surface area contributed by atoms with Gasteiger partial charge in [0.25, 0.3) is 5.63 Å². The highest BCUT2D eigenvalue weighted by Gasteiger charge is 2.42. The van der Waals surface area contributed by atoms with Gasteiger partial charge in [-0.15, -0.1) is 0 Å². The third kappa shape index (κ3) is 6.93. The van der Waals surface area contributed by atoms with Crippen molar-refractivity contribution in [1.82, 2.24) is 0 Å². The van der Waals surface area contributed by atoms with Crippen LogP contribution < -0.4 is 19.5 Å². The van der Waals surface area contributed by atoms with Crippen molar-refractivity contribution in [3.63, 3.8) is 0 Å². The molecule has 0 fully saturated rings. The molecule has 0 heterocycles. The molecule has 2 unspecified atom stereocenters. The molecule has 0 spiro atoms. The van der Waals surface area contributed by atoms with Gasteiger partial charge in [0.1, 0.15) is 17.2 Å². The van der Waals surface area contributed by atoms with Crippen molar-refractivity contribution < 1.29 is 41.0 Å². The number of benzene rings is 2. The molecule has 0 saturated heterocycles. The molecule has 0 aromatic heterocycles. The lowest BCUT2D eigenvalue weighted by Gasteiger charge is -2.29. The fourth-order valence-corrected chi connectivity index (χ4v) is 4.92. The van der Waals surface area contributed by atoms with Crippen molar-refractivity contribution in [1.29, 1.82) is 0 Å². The SMILES string of the molecule is CCOP(=O)(OCC)C(Nc1cccc(OC(F)(F)C(F)Cl)c1)c1ccc(OC)cc1OC. The average molecular weight is 512 g/mol. The van der Waals surface area contributed by atoms with Gasteiger partial charge in [0, 0.05) is 23.4 Å². The van der Waals surface area contributed by atoms with E-state index in [1.807, 2.05) is 0 Å². The maximum Gasteiger partial charge on any atom is 0.444 e. The van der Waals surface area contributed by atoms with Crippen LogP contribution >= 0.6 is 19.2 Å². The lowest BCUT2D eigenvalue weighted by molar-refractivity contribution is -0.199. The molecule has 0 radical (unpaired) electrons. The predicted molar refractivity (Wildman–Crippen MR) is 120 cm³/mol. The van der Waals surface area contributed by atoms with E-state index in [0.29, 0.717) is 17.1 Å². The normalized spacial score (nSPS) is 13.8. The van der Waals surface area contributed by atoms with Crippen molar-refractivity contribution in [2.24, 2.45) is 0 Å². The second-order valence-corrected chi connectivity index (χ2v) is 9.02. The van der Waals surface area contributed by atoms with Gasteiger partial charge >= 0.3 is 13.7 Å². The van der Waals surface area contributed by atoms with Gasteiger partial charge in [-0.3, -0.25) is 4.57 Å². The zero-order chi connectivity index (χ0) is 24.6. The van der Waals surface area contributed by atoms with Crippen molar-refractivity contribution in [3.05, 3.63) is 48.0 Å². The van der Waals surface area contributed by atoms with E-state index in [0.717, 1.165) is 0 Å². The van der Waals surface area contributed by atoms with Gasteiger partial charge in [-0.1, -0.05) is 17.7 Å². The lowest BCUT2D eigenvalue weighted by Crippen LogP contribution is -2.32. The molecular weight excluding hydrogens is 486 g/mol. The third-order valence-electron chi connectivity index (χ3n) is 4.31. The first-order valence-electron chi connectivity index (χ1n) is 9.92. The number of halogens is 4. The van der Waals surface area contributed by atoms with Gasteiger partial charge in [0.2, 0.25) is 0 Å². The van der Waals surface area contributed by atoms with Crippen LogP contribution in [0, 0.1) is 0 Å². The Morgan fingerprint density at radius 2 is 1.70 bits per heavy atom. The van der Waals surface area contributed by atoms with Gasteiger partial charge in [-0.2, -0.15) is 8.78 Å². The summed E-state index contributed by atoms with van der Waals surface area (Å²) >= 11 is 4.86. The number of hydrogen-bond donors (Lipinski definition) is 1. The van der Waals surface area contributed by atoms with Crippen LogP contribution in [0.4, 0.5) is 18.9 Å². The molecule has 0 aliphatic rings. The maximum atomic E-state index is 13.7. The molecule has 2 rings (SSSR count). The summed E-state index contributed by atoms with van der Waals surface area (Å²) in [5.74, 6) is -0.642. The van der Waals surface area contributed by atoms with Crippen LogP contribution in [0.1, 0.15) is 25.2 Å². The van der Waals surface area contributed by atoms with Crippen LogP contribution in [0.5, 0.6) is 17.2 Å². The van der Waals surface area contributed by atoms with Crippen molar-refractivity contribution in [2.75, 3.05) is 32.8 Å². The molecule has 0 amide bonds. The maximum absolute atomic E-state index is 13.7. The zero-order valence-electron chi connectivity index (χ0n) is 18.5. The predicted octanol–water partition coefficient (Wildman–Crippen LogP) is 6.59. The number of methoxy groups -OCH3 is 2. The van der Waals surface area contributed by atoms with Crippen LogP contribution in [0.25, 0.3) is 0 Å². The van der Waals surface area contributed by atoms with E-state index in [2.05, 4.69) is 10.1 Å². The number of nitrogens with one attached hydrogen (secondary N) is 1. The van der Waals surface area contributed by atoms with Crippen LogP contribution in [0.2, 0.25) is 0 Å². The van der Waals surface area contributed by atoms with Crippen LogP contribution in [0.15, 0.2) is 42.5 Å². The highest BCUT2D eigenvalue weighted by atomic mass is 35.5. The quantitative estimate of drug-likeness (QED) is 0.240. The minimum atomic E-state index is -4.25. The van der Waals surface area contributed by atoms with Gasteiger partial charge in [-0.25, -0.2) is 4.39 Å². The Labute approximate surface area is 195 Å². The van der Waals surface area contributed by atoms with Crippen LogP contribution in [-0.2, 0) is 13.6 Å². The first-order valence-corrected chi connectivity index (χ1v) is 12.0. The van der Waals surface area contributed by atoms with Gasteiger partial charge in [0.15, 0.2) is 5.78 Å². The Balaban J connectivity index is 2.52. The summed E-state index contributed by atoms with van der Waals surface area (Å²) < 4.78 is 80.0. The molecule has 33 heavy (non-hydrogen) atoms. The highest BCUT2D eigenvalue weighted by molar-refractivity contribution is 7.54. The summed E-state index contributed by atoms with van der Waals surface area (Å²) in [7, 11) is -0.940. The molecule has 0 saturated carbocycles. The van der Waals surface area contributed by atoms with Crippen molar-refractivity contribution in [2.45, 2.75) is 31.4 Å². The van der Waals surface area contributed by atoms with Gasteiger partial charge in [-0.05, 0) is 38.1 Å². The number of rotatable bonds is 13. The monoisotopic (exact) mass is 511 g/mol. The summed E-state index contributed by atoms with van der Waals surface area (Å²) in [6.45, 7) is 3.47. The summed E-state index contributed by atoms with van der Waals surface area (Å²) in [5, 5.41) is 2.99. The summed E-state index contributed by atoms with van der Waals surface area (Å²) in [5.41, 5.74) is -2.41. The Kier molecular flexibility index (Phi) is 9.72. The number of anilines is 1. The second kappa shape index (κ2) is 11.8. The zero-order valence-corrected chi connectivity index (χ0v) is 20.2. The summed E-state index contributed by atoms with van der Waals surface area (Å²) in [4.78, 5) is 0. The molecule has 12 heteroatoms. The Hall–Kier alpha value is -2.13. The topological polar surface area (TPSA) is 75.3 Å². The van der Waals surface area contributed by atoms with E-state index in [1.165, 1.54) is 38.5 Å². The van der Waals surface area contributed by atoms with Crippen molar-refractivity contribution in [3.8, 4) is 17.2 Å². The van der Waals surface area contributed by atoms with E-state index in [1.54, 1.807) is 32.0 Å². The second-order valence-electron chi connectivity index (χ2n) is 6.52. The first kappa shape index (κ1) is 27.1. The van der Waals surface area contributed by atoms with E-state index in [4.69, 9.17) is 30.1 Å². The number of ether oxygens (including phenoxy) is 3. The van der Waals surface area contributed by atoms with Gasteiger partial charge < -0.3 is 28.6 Å². The lowest BCUT2D eigenvalue weighted by atomic mass is 10.1. The van der Waals surface area contributed by atoms with E-state index in [9.17, 15) is 17.7 Å². The highest BCUT2D eigenvalue weighted by Crippen LogP contribution is 2.62. The molecule has 184 valence electrons. The number of hydrogen-bond acceptors (Lipinski definition) is 7. The molecular formula is C21H26ClF3NO6P. The standard InChI is InChI=1S/C21H26ClF3NO6P/c1-5-30-33(27,31-6-2)19(17-11-10-15(28-3)13-18(17)29-4)26-14-8-7-9-16(12-14)32-21(24,25)20(22)23/h7-13,19-20,26H,5-6H2,1-4H3. The average Bonchev–Trinajstić information content (AvgIpc) is 2.77. The molecule has 0 aliphatic heterocycles. The fraction of sp³-hybridized carbons (Fsp3) is 0.429. The van der Waals surface area contributed by atoms with E-state index < -0.39 is 25.1 Å². The van der Waals surface area contributed by atoms with Crippen molar-refractivity contribution >= 4 is 24.9 Å². The Morgan fingerprint density at radius 3 is 2.24 bits per heavy atom. The minimum absolute atomic E-state index is 0.0803. The molecule has 2 atom stereocenters. The Bertz CT molecular complexity index is 955. The molecule has 2 aromatic rings. The number of alkyl halides is 4. The van der Waals surface area contributed by atoms with Gasteiger partial charge in [0.05, 0.1) is 27.4 Å². The van der Waals surface area contributed by atoms with Crippen LogP contribution in [-0.4, -0.2) is 39.2 Å². The summed E-state index contributed by atoms with van der Waals surface area (Å²) in [6.07, 6.45) is -4.25. The smallest absolute Gasteiger partial charge is 0.444 e. The molecule has 7 nitrogen and oxygen atoms in total. The fourth-order valence-electron chi connectivity index (χ4n) is 2.93. The molecule has 0 aliphatic carbocycles. The third-order valence-corrected chi connectivity index (χ3v) is 6.84.